The Bertz CT molecular complexity index is 1190. The number of amides is 1. The third kappa shape index (κ3) is 2.82. The van der Waals surface area contributed by atoms with Crippen molar-refractivity contribution in [2.45, 2.75) is 27.3 Å². The predicted molar refractivity (Wildman–Crippen MR) is 101 cm³/mol. The number of nitrogens with zero attached hydrogens (tertiary/aromatic N) is 2. The highest BCUT2D eigenvalue weighted by molar-refractivity contribution is 7.16. The summed E-state index contributed by atoms with van der Waals surface area (Å²) in [6.07, 6.45) is 0. The van der Waals surface area contributed by atoms with Gasteiger partial charge in [0.1, 0.15) is 11.1 Å². The van der Waals surface area contributed by atoms with Crippen molar-refractivity contribution in [1.82, 2.24) is 9.55 Å². The van der Waals surface area contributed by atoms with Gasteiger partial charge in [-0.3, -0.25) is 14.2 Å². The van der Waals surface area contributed by atoms with Crippen molar-refractivity contribution < 1.29 is 4.79 Å². The normalized spacial score (nSPS) is 10.7. The van der Waals surface area contributed by atoms with Crippen molar-refractivity contribution in [2.24, 2.45) is 0 Å². The van der Waals surface area contributed by atoms with Crippen molar-refractivity contribution in [3.63, 3.8) is 0 Å². The number of thiophene rings is 1. The van der Waals surface area contributed by atoms with Gasteiger partial charge in [0.25, 0.3) is 11.5 Å². The summed E-state index contributed by atoms with van der Waals surface area (Å²) < 4.78 is 1.10. The third-order valence-electron chi connectivity index (χ3n) is 4.28. The van der Waals surface area contributed by atoms with E-state index >= 15 is 0 Å². The molecule has 0 saturated heterocycles. The lowest BCUT2D eigenvalue weighted by molar-refractivity contribution is 0.102. The number of rotatable bonds is 3. The highest BCUT2D eigenvalue weighted by Crippen LogP contribution is 2.32. The SMILES string of the molecule is CCn1c(=O)[nH]c2cc(C(=O)Nc3sc(C)c(C)c3C#N)ccc2c1=O. The number of hydrogen-bond acceptors (Lipinski definition) is 5. The zero-order valence-corrected chi connectivity index (χ0v) is 15.3. The minimum Gasteiger partial charge on any atom is -0.312 e. The van der Waals surface area contributed by atoms with E-state index in [-0.39, 0.29) is 12.1 Å². The van der Waals surface area contributed by atoms with Crippen LogP contribution in [0.1, 0.15) is 33.3 Å². The molecular weight excluding hydrogens is 352 g/mol. The molecule has 8 heteroatoms. The summed E-state index contributed by atoms with van der Waals surface area (Å²) in [5.74, 6) is -0.412. The van der Waals surface area contributed by atoms with Gasteiger partial charge in [0.2, 0.25) is 0 Å². The molecule has 7 nitrogen and oxygen atoms in total. The fraction of sp³-hybridized carbons (Fsp3) is 0.222. The Hall–Kier alpha value is -3.18. The number of carbonyl (C=O) groups excluding carboxylic acids is 1. The van der Waals surface area contributed by atoms with Crippen molar-refractivity contribution >= 4 is 33.1 Å². The van der Waals surface area contributed by atoms with Gasteiger partial charge in [-0.1, -0.05) is 0 Å². The van der Waals surface area contributed by atoms with E-state index in [1.807, 2.05) is 13.8 Å². The van der Waals surface area contributed by atoms with E-state index in [1.54, 1.807) is 6.92 Å². The van der Waals surface area contributed by atoms with E-state index in [0.29, 0.717) is 21.5 Å². The van der Waals surface area contributed by atoms with Gasteiger partial charge in [-0.05, 0) is 44.5 Å². The molecule has 1 amide bonds. The van der Waals surface area contributed by atoms with Crippen LogP contribution >= 0.6 is 11.3 Å². The van der Waals surface area contributed by atoms with Crippen LogP contribution in [0.2, 0.25) is 0 Å². The van der Waals surface area contributed by atoms with Gasteiger partial charge in [-0.25, -0.2) is 4.79 Å². The number of fused-ring (bicyclic) bond motifs is 1. The molecule has 2 aromatic heterocycles. The van der Waals surface area contributed by atoms with Gasteiger partial charge in [0, 0.05) is 17.0 Å². The maximum absolute atomic E-state index is 12.6. The Morgan fingerprint density at radius 2 is 2.08 bits per heavy atom. The van der Waals surface area contributed by atoms with Crippen molar-refractivity contribution in [1.29, 1.82) is 5.26 Å². The first-order valence-electron chi connectivity index (χ1n) is 7.95. The van der Waals surface area contributed by atoms with Crippen molar-refractivity contribution in [3.05, 3.63) is 60.6 Å². The number of anilines is 1. The van der Waals surface area contributed by atoms with Gasteiger partial charge < -0.3 is 10.3 Å². The molecule has 0 aliphatic rings. The molecule has 0 spiro atoms. The van der Waals surface area contributed by atoms with E-state index < -0.39 is 17.2 Å². The molecule has 0 saturated carbocycles. The van der Waals surface area contributed by atoms with E-state index in [9.17, 15) is 19.6 Å². The largest absolute Gasteiger partial charge is 0.328 e. The number of benzene rings is 1. The van der Waals surface area contributed by atoms with Gasteiger partial charge >= 0.3 is 5.69 Å². The first-order chi connectivity index (χ1) is 12.4. The van der Waals surface area contributed by atoms with Crippen LogP contribution < -0.4 is 16.6 Å². The summed E-state index contributed by atoms with van der Waals surface area (Å²) >= 11 is 1.34. The molecule has 2 heterocycles. The van der Waals surface area contributed by atoms with Crippen molar-refractivity contribution in [2.75, 3.05) is 5.32 Å². The van der Waals surface area contributed by atoms with Crippen LogP contribution in [0.3, 0.4) is 0 Å². The lowest BCUT2D eigenvalue weighted by atomic mass is 10.1. The van der Waals surface area contributed by atoms with Crippen LogP contribution in [0.25, 0.3) is 10.9 Å². The van der Waals surface area contributed by atoms with Gasteiger partial charge in [0.15, 0.2) is 0 Å². The number of nitriles is 1. The lowest BCUT2D eigenvalue weighted by Crippen LogP contribution is -2.34. The zero-order valence-electron chi connectivity index (χ0n) is 14.5. The average molecular weight is 368 g/mol. The molecule has 3 rings (SSSR count). The Labute approximate surface area is 152 Å². The molecule has 3 aromatic rings. The van der Waals surface area contributed by atoms with E-state index in [1.165, 1.54) is 29.5 Å². The van der Waals surface area contributed by atoms with Crippen LogP contribution in [0.15, 0.2) is 27.8 Å². The Morgan fingerprint density at radius 1 is 1.35 bits per heavy atom. The Balaban J connectivity index is 2.03. The number of H-pyrrole nitrogens is 1. The lowest BCUT2D eigenvalue weighted by Gasteiger charge is -2.07. The van der Waals surface area contributed by atoms with Gasteiger partial charge in [-0.15, -0.1) is 11.3 Å². The third-order valence-corrected chi connectivity index (χ3v) is 5.41. The molecule has 132 valence electrons. The van der Waals surface area contributed by atoms with E-state index in [2.05, 4.69) is 16.4 Å². The molecule has 2 N–H and O–H groups in total. The number of aromatic nitrogens is 2. The fourth-order valence-corrected chi connectivity index (χ4v) is 3.71. The molecule has 1 aromatic carbocycles. The maximum atomic E-state index is 12.6. The summed E-state index contributed by atoms with van der Waals surface area (Å²) in [5, 5.41) is 12.8. The second-order valence-electron chi connectivity index (χ2n) is 5.79. The minimum atomic E-state index is -0.515. The van der Waals surface area contributed by atoms with Crippen LogP contribution in [-0.2, 0) is 6.54 Å². The van der Waals surface area contributed by atoms with Gasteiger partial charge in [-0.2, -0.15) is 5.26 Å². The van der Waals surface area contributed by atoms with Crippen LogP contribution in [0, 0.1) is 25.2 Å². The summed E-state index contributed by atoms with van der Waals surface area (Å²) in [6, 6.07) is 6.61. The molecular formula is C18H16N4O3S. The maximum Gasteiger partial charge on any atom is 0.328 e. The summed E-state index contributed by atoms with van der Waals surface area (Å²) in [6.45, 7) is 5.69. The van der Waals surface area contributed by atoms with Gasteiger partial charge in [0.05, 0.1) is 16.5 Å². The smallest absolute Gasteiger partial charge is 0.312 e. The predicted octanol–water partition coefficient (Wildman–Crippen LogP) is 2.51. The standard InChI is InChI=1S/C18H16N4O3S/c1-4-22-17(24)12-6-5-11(7-14(12)20-18(22)25)15(23)21-16-13(8-19)9(2)10(3)26-16/h5-7H,4H2,1-3H3,(H,20,25)(H,21,23). The molecule has 26 heavy (non-hydrogen) atoms. The second-order valence-corrected chi connectivity index (χ2v) is 7.02. The highest BCUT2D eigenvalue weighted by atomic mass is 32.1. The molecule has 0 atom stereocenters. The van der Waals surface area contributed by atoms with Crippen LogP contribution in [-0.4, -0.2) is 15.5 Å². The summed E-state index contributed by atoms with van der Waals surface area (Å²) in [4.78, 5) is 40.4. The highest BCUT2D eigenvalue weighted by Gasteiger charge is 2.16. The quantitative estimate of drug-likeness (QED) is 0.740. The molecule has 0 radical (unpaired) electrons. The molecule has 0 aliphatic carbocycles. The minimum absolute atomic E-state index is 0.264. The van der Waals surface area contributed by atoms with Crippen LogP contribution in [0.5, 0.6) is 0 Å². The first kappa shape index (κ1) is 17.6. The first-order valence-corrected chi connectivity index (χ1v) is 8.77. The van der Waals surface area contributed by atoms with Crippen molar-refractivity contribution in [3.8, 4) is 6.07 Å². The number of aryl methyl sites for hydroxylation is 1. The number of carbonyl (C=O) groups is 1. The Morgan fingerprint density at radius 3 is 2.73 bits per heavy atom. The monoisotopic (exact) mass is 368 g/mol. The molecule has 0 fully saturated rings. The molecule has 0 bridgehead atoms. The number of aromatic amines is 1. The van der Waals surface area contributed by atoms with Crippen LogP contribution in [0.4, 0.5) is 5.00 Å². The zero-order chi connectivity index (χ0) is 19.0. The number of nitrogens with one attached hydrogen (secondary N) is 2. The van der Waals surface area contributed by atoms with E-state index in [4.69, 9.17) is 0 Å². The molecule has 0 aliphatic heterocycles. The average Bonchev–Trinajstić information content (AvgIpc) is 2.87. The summed E-state index contributed by atoms with van der Waals surface area (Å²) in [7, 11) is 0. The number of hydrogen-bond donors (Lipinski definition) is 2. The van der Waals surface area contributed by atoms with E-state index in [0.717, 1.165) is 15.0 Å². The Kier molecular flexibility index (Phi) is 4.49. The topological polar surface area (TPSA) is 108 Å². The molecule has 0 unspecified atom stereocenters. The fourth-order valence-electron chi connectivity index (χ4n) is 2.71. The second kappa shape index (κ2) is 6.61. The summed E-state index contributed by atoms with van der Waals surface area (Å²) in [5.41, 5.74) is 0.968.